The van der Waals surface area contributed by atoms with Gasteiger partial charge >= 0.3 is 0 Å². The Morgan fingerprint density at radius 2 is 1.77 bits per heavy atom. The van der Waals surface area contributed by atoms with Gasteiger partial charge in [-0.2, -0.15) is 4.31 Å². The molecule has 0 unspecified atom stereocenters. The Morgan fingerprint density at radius 3 is 2.40 bits per heavy atom. The number of anilines is 1. The highest BCUT2D eigenvalue weighted by Crippen LogP contribution is 2.29. The van der Waals surface area contributed by atoms with Gasteiger partial charge in [-0.15, -0.1) is 0 Å². The van der Waals surface area contributed by atoms with E-state index in [1.54, 1.807) is 43.3 Å². The van der Waals surface area contributed by atoms with Gasteiger partial charge in [0.2, 0.25) is 20.0 Å². The fourth-order valence-corrected chi connectivity index (χ4v) is 6.64. The van der Waals surface area contributed by atoms with Crippen molar-refractivity contribution in [2.24, 2.45) is 5.92 Å². The predicted octanol–water partition coefficient (Wildman–Crippen LogP) is 3.48. The Labute approximate surface area is 256 Å². The summed E-state index contributed by atoms with van der Waals surface area (Å²) in [5, 5.41) is 10.1. The normalized spacial score (nSPS) is 21.9. The van der Waals surface area contributed by atoms with Gasteiger partial charge in [0.05, 0.1) is 41.6 Å². The van der Waals surface area contributed by atoms with Gasteiger partial charge in [-0.05, 0) is 70.4 Å². The number of likely N-dealkylation sites (N-methyl/N-ethyl adjacent to an activating group) is 1. The average Bonchev–Trinajstić information content (AvgIpc) is 2.93. The fourth-order valence-electron chi connectivity index (χ4n) is 4.90. The third-order valence-corrected chi connectivity index (χ3v) is 9.97. The molecule has 13 heteroatoms. The third kappa shape index (κ3) is 9.64. The number of aryl methyl sites for hydroxylation is 1. The number of nitrogens with zero attached hydrogens (tertiary/aromatic N) is 2. The Bertz CT molecular complexity index is 1450. The molecule has 2 N–H and O–H groups in total. The maximum Gasteiger partial charge on any atom is 0.258 e. The Balaban J connectivity index is 1.98. The summed E-state index contributed by atoms with van der Waals surface area (Å²) in [6.45, 7) is 7.66. The van der Waals surface area contributed by atoms with E-state index in [0.29, 0.717) is 18.8 Å². The van der Waals surface area contributed by atoms with Gasteiger partial charge in [-0.1, -0.05) is 24.6 Å². The third-order valence-electron chi connectivity index (χ3n) is 7.52. The van der Waals surface area contributed by atoms with Gasteiger partial charge in [0, 0.05) is 38.3 Å². The summed E-state index contributed by atoms with van der Waals surface area (Å²) < 4.78 is 66.7. The van der Waals surface area contributed by atoms with Crippen LogP contribution in [0.5, 0.6) is 5.75 Å². The summed E-state index contributed by atoms with van der Waals surface area (Å²) in [7, 11) is -5.88. The maximum absolute atomic E-state index is 14.1. The summed E-state index contributed by atoms with van der Waals surface area (Å²) in [5.74, 6) is -0.477. The van der Waals surface area contributed by atoms with Crippen molar-refractivity contribution in [2.45, 2.75) is 70.1 Å². The lowest BCUT2D eigenvalue weighted by molar-refractivity contribution is -0.00833. The first-order valence-electron chi connectivity index (χ1n) is 14.5. The first-order valence-corrected chi connectivity index (χ1v) is 17.8. The van der Waals surface area contributed by atoms with E-state index in [9.17, 15) is 26.7 Å². The quantitative estimate of drug-likeness (QED) is 0.447. The largest absolute Gasteiger partial charge is 0.490 e. The Kier molecular flexibility index (Phi) is 12.0. The molecule has 0 aliphatic carbocycles. The van der Waals surface area contributed by atoms with Crippen LogP contribution in [-0.4, -0.2) is 94.9 Å². The van der Waals surface area contributed by atoms with Crippen molar-refractivity contribution in [3.05, 3.63) is 53.6 Å². The topological polar surface area (TPSA) is 143 Å². The monoisotopic (exact) mass is 639 g/mol. The van der Waals surface area contributed by atoms with Crippen molar-refractivity contribution in [1.82, 2.24) is 9.21 Å². The van der Waals surface area contributed by atoms with Crippen LogP contribution < -0.4 is 9.46 Å². The number of aliphatic hydroxyl groups is 1. The number of ether oxygens (including phenoxy) is 2. The van der Waals surface area contributed by atoms with Crippen LogP contribution in [0.2, 0.25) is 0 Å². The van der Waals surface area contributed by atoms with Gasteiger partial charge in [0.25, 0.3) is 5.91 Å². The molecule has 0 aromatic heterocycles. The van der Waals surface area contributed by atoms with Crippen molar-refractivity contribution in [2.75, 3.05) is 44.3 Å². The molecule has 240 valence electrons. The van der Waals surface area contributed by atoms with Crippen LogP contribution in [-0.2, 0) is 24.8 Å². The minimum absolute atomic E-state index is 0.0610. The molecular weight excluding hydrogens is 594 g/mol. The number of amides is 1. The van der Waals surface area contributed by atoms with Gasteiger partial charge in [-0.25, -0.2) is 16.8 Å². The number of carbonyl (C=O) groups excluding carboxylic acids is 1. The van der Waals surface area contributed by atoms with E-state index in [2.05, 4.69) is 4.72 Å². The first kappa shape index (κ1) is 34.8. The summed E-state index contributed by atoms with van der Waals surface area (Å²) in [6.07, 6.45) is 2.42. The molecule has 4 atom stereocenters. The standard InChI is InChI=1S/C30H45N3O8S2/c1-21-10-13-26(14-11-21)43(38,39)32(5)19-29-22(2)18-33(23(3)20-34)30(35)27-17-25(31-42(6,36)37)12-15-28(27)41-24(4)9-7-8-16-40-29/h10-15,17,22-24,29,31,34H,7-9,16,18-20H2,1-6H3/t22-,23-,24-,29-/m0/s1. The first-order chi connectivity index (χ1) is 20.1. The zero-order valence-corrected chi connectivity index (χ0v) is 27.4. The van der Waals surface area contributed by atoms with Gasteiger partial charge in [0.1, 0.15) is 5.75 Å². The molecule has 1 heterocycles. The lowest BCUT2D eigenvalue weighted by Gasteiger charge is -2.35. The smallest absolute Gasteiger partial charge is 0.258 e. The average molecular weight is 640 g/mol. The van der Waals surface area contributed by atoms with E-state index < -0.39 is 38.1 Å². The summed E-state index contributed by atoms with van der Waals surface area (Å²) >= 11 is 0. The van der Waals surface area contributed by atoms with Crippen LogP contribution in [0.1, 0.15) is 56.0 Å². The minimum Gasteiger partial charge on any atom is -0.490 e. The number of sulfonamides is 2. The number of aliphatic hydroxyl groups excluding tert-OH is 1. The highest BCUT2D eigenvalue weighted by atomic mass is 32.2. The predicted molar refractivity (Wildman–Crippen MR) is 166 cm³/mol. The SMILES string of the molecule is Cc1ccc(S(=O)(=O)N(C)C[C@@H]2OCCCC[C@H](C)Oc3ccc(NS(C)(=O)=O)cc3C(=O)N([C@@H](C)CO)C[C@@H]2C)cc1. The fraction of sp³-hybridized carbons (Fsp3) is 0.567. The Morgan fingerprint density at radius 1 is 1.09 bits per heavy atom. The van der Waals surface area contributed by atoms with E-state index in [1.165, 1.54) is 22.3 Å². The molecule has 3 rings (SSSR count). The number of rotatable bonds is 8. The second-order valence-electron chi connectivity index (χ2n) is 11.5. The summed E-state index contributed by atoms with van der Waals surface area (Å²) in [4.78, 5) is 15.8. The number of fused-ring (bicyclic) bond motifs is 1. The maximum atomic E-state index is 14.1. The Hall–Kier alpha value is -2.71. The van der Waals surface area contributed by atoms with Gasteiger partial charge in [-0.3, -0.25) is 9.52 Å². The van der Waals surface area contributed by atoms with Gasteiger partial charge in [0.15, 0.2) is 0 Å². The molecule has 0 saturated carbocycles. The molecule has 2 aromatic rings. The molecule has 0 bridgehead atoms. The van der Waals surface area contributed by atoms with Crippen molar-refractivity contribution < 1.29 is 36.2 Å². The number of carbonyl (C=O) groups is 1. The zero-order chi connectivity index (χ0) is 31.9. The van der Waals surface area contributed by atoms with Crippen molar-refractivity contribution >= 4 is 31.6 Å². The zero-order valence-electron chi connectivity index (χ0n) is 25.8. The van der Waals surface area contributed by atoms with E-state index in [4.69, 9.17) is 9.47 Å². The van der Waals surface area contributed by atoms with Crippen molar-refractivity contribution in [3.63, 3.8) is 0 Å². The molecule has 1 aliphatic rings. The van der Waals surface area contributed by atoms with Crippen molar-refractivity contribution in [1.29, 1.82) is 0 Å². The molecule has 0 spiro atoms. The highest BCUT2D eigenvalue weighted by molar-refractivity contribution is 7.92. The highest BCUT2D eigenvalue weighted by Gasteiger charge is 2.32. The van der Waals surface area contributed by atoms with E-state index in [1.807, 2.05) is 20.8 Å². The van der Waals surface area contributed by atoms with Crippen LogP contribution >= 0.6 is 0 Å². The van der Waals surface area contributed by atoms with E-state index in [-0.39, 0.29) is 47.9 Å². The van der Waals surface area contributed by atoms with Crippen LogP contribution in [0, 0.1) is 12.8 Å². The second kappa shape index (κ2) is 14.8. The van der Waals surface area contributed by atoms with E-state index in [0.717, 1.165) is 24.7 Å². The summed E-state index contributed by atoms with van der Waals surface area (Å²) in [5.41, 5.74) is 1.32. The number of hydrogen-bond donors (Lipinski definition) is 2. The molecule has 0 radical (unpaired) electrons. The van der Waals surface area contributed by atoms with Crippen LogP contribution in [0.4, 0.5) is 5.69 Å². The molecule has 0 saturated heterocycles. The molecule has 2 aromatic carbocycles. The summed E-state index contributed by atoms with van der Waals surface area (Å²) in [6, 6.07) is 10.6. The molecule has 0 fully saturated rings. The van der Waals surface area contributed by atoms with Crippen molar-refractivity contribution in [3.8, 4) is 5.75 Å². The number of nitrogens with one attached hydrogen (secondary N) is 1. The number of benzene rings is 2. The van der Waals surface area contributed by atoms with E-state index >= 15 is 0 Å². The minimum atomic E-state index is -3.79. The molecular formula is C30H45N3O8S2. The molecule has 1 aliphatic heterocycles. The number of hydrogen-bond acceptors (Lipinski definition) is 8. The molecule has 1 amide bonds. The molecule has 43 heavy (non-hydrogen) atoms. The molecule has 11 nitrogen and oxygen atoms in total. The van der Waals surface area contributed by atoms with Crippen LogP contribution in [0.3, 0.4) is 0 Å². The van der Waals surface area contributed by atoms with Gasteiger partial charge < -0.3 is 19.5 Å². The van der Waals surface area contributed by atoms with Crippen LogP contribution in [0.25, 0.3) is 0 Å². The second-order valence-corrected chi connectivity index (χ2v) is 15.3. The van der Waals surface area contributed by atoms with Crippen LogP contribution in [0.15, 0.2) is 47.4 Å². The lowest BCUT2D eigenvalue weighted by Crippen LogP contribution is -2.48. The lowest BCUT2D eigenvalue weighted by atomic mass is 10.0.